The lowest BCUT2D eigenvalue weighted by molar-refractivity contribution is -0.179. The quantitative estimate of drug-likeness (QED) is 0.750. The molecule has 112 valence electrons. The van der Waals surface area contributed by atoms with Crippen molar-refractivity contribution in [2.45, 2.75) is 6.10 Å². The first kappa shape index (κ1) is 15.1. The molecule has 0 spiro atoms. The van der Waals surface area contributed by atoms with Gasteiger partial charge in [-0.15, -0.1) is 10.2 Å². The van der Waals surface area contributed by atoms with E-state index < -0.39 is 6.10 Å². The zero-order valence-electron chi connectivity index (χ0n) is 12.3. The number of amides is 1. The third-order valence-corrected chi connectivity index (χ3v) is 3.02. The summed E-state index contributed by atoms with van der Waals surface area (Å²) < 4.78 is 5.25. The van der Waals surface area contributed by atoms with E-state index in [1.165, 1.54) is 26.1 Å². The normalized spacial score (nSPS) is 12.2. The van der Waals surface area contributed by atoms with Crippen molar-refractivity contribution in [2.24, 2.45) is 7.05 Å². The van der Waals surface area contributed by atoms with Crippen LogP contribution in [0.5, 0.6) is 0 Å². The fourth-order valence-electron chi connectivity index (χ4n) is 1.84. The highest BCUT2D eigenvalue weighted by Gasteiger charge is 2.24. The number of rotatable bonds is 5. The van der Waals surface area contributed by atoms with E-state index in [2.05, 4.69) is 15.4 Å². The van der Waals surface area contributed by atoms with Crippen molar-refractivity contribution < 1.29 is 14.4 Å². The first-order valence-corrected chi connectivity index (χ1v) is 6.25. The maximum absolute atomic E-state index is 12.1. The van der Waals surface area contributed by atoms with Gasteiger partial charge in [0.1, 0.15) is 0 Å². The fraction of sp³-hybridized carbons (Fsp3) is 0.385. The van der Waals surface area contributed by atoms with Crippen LogP contribution in [0.15, 0.2) is 24.3 Å². The van der Waals surface area contributed by atoms with Gasteiger partial charge in [-0.1, -0.05) is 24.3 Å². The largest absolute Gasteiger partial charge is 0.367 e. The molecule has 0 bridgehead atoms. The van der Waals surface area contributed by atoms with Gasteiger partial charge in [0.05, 0.1) is 14.2 Å². The number of ether oxygens (including phenoxy) is 1. The summed E-state index contributed by atoms with van der Waals surface area (Å²) >= 11 is 0. The van der Waals surface area contributed by atoms with Crippen molar-refractivity contribution >= 4 is 5.91 Å². The molecule has 1 unspecified atom stereocenters. The molecule has 1 atom stereocenters. The zero-order chi connectivity index (χ0) is 15.4. The number of likely N-dealkylation sites (N-methyl/N-ethyl adjacent to an activating group) is 1. The molecule has 0 saturated heterocycles. The van der Waals surface area contributed by atoms with Crippen LogP contribution in [-0.2, 0) is 21.4 Å². The average molecular weight is 291 g/mol. The lowest BCUT2D eigenvalue weighted by Gasteiger charge is -2.20. The first-order chi connectivity index (χ1) is 10.1. The van der Waals surface area contributed by atoms with E-state index in [0.29, 0.717) is 5.82 Å². The van der Waals surface area contributed by atoms with Gasteiger partial charge in [-0.25, -0.2) is 5.06 Å². The molecule has 21 heavy (non-hydrogen) atoms. The van der Waals surface area contributed by atoms with E-state index in [0.717, 1.165) is 16.2 Å². The van der Waals surface area contributed by atoms with Crippen molar-refractivity contribution in [3.05, 3.63) is 29.8 Å². The number of tetrazole rings is 1. The monoisotopic (exact) mass is 291 g/mol. The summed E-state index contributed by atoms with van der Waals surface area (Å²) in [7, 11) is 6.13. The molecule has 0 aliphatic carbocycles. The van der Waals surface area contributed by atoms with E-state index in [4.69, 9.17) is 9.57 Å². The number of nitrogens with zero attached hydrogens (tertiary/aromatic N) is 5. The summed E-state index contributed by atoms with van der Waals surface area (Å²) in [4.78, 5) is 18.4. The Kier molecular flexibility index (Phi) is 4.61. The number of aromatic nitrogens is 4. The Bertz CT molecular complexity index is 611. The zero-order valence-corrected chi connectivity index (χ0v) is 12.3. The van der Waals surface area contributed by atoms with Gasteiger partial charge in [0.25, 0.3) is 5.91 Å². The van der Waals surface area contributed by atoms with Crippen LogP contribution in [0.25, 0.3) is 11.4 Å². The van der Waals surface area contributed by atoms with Crippen molar-refractivity contribution in [3.63, 3.8) is 0 Å². The highest BCUT2D eigenvalue weighted by molar-refractivity contribution is 5.81. The number of carbonyl (C=O) groups excluding carboxylic acids is 1. The van der Waals surface area contributed by atoms with Gasteiger partial charge in [0.15, 0.2) is 6.10 Å². The molecule has 0 saturated carbocycles. The lowest BCUT2D eigenvalue weighted by Crippen LogP contribution is -2.31. The second-order valence-corrected chi connectivity index (χ2v) is 4.36. The minimum atomic E-state index is -0.723. The van der Waals surface area contributed by atoms with Crippen LogP contribution in [0, 0.1) is 0 Å². The summed E-state index contributed by atoms with van der Waals surface area (Å²) in [6.07, 6.45) is -0.723. The Labute approximate surface area is 122 Å². The first-order valence-electron chi connectivity index (χ1n) is 6.25. The summed E-state index contributed by atoms with van der Waals surface area (Å²) in [6, 6.07) is 7.22. The van der Waals surface area contributed by atoms with Gasteiger partial charge in [0.2, 0.25) is 5.82 Å². The van der Waals surface area contributed by atoms with E-state index in [1.54, 1.807) is 19.2 Å². The van der Waals surface area contributed by atoms with E-state index in [-0.39, 0.29) is 5.91 Å². The van der Waals surface area contributed by atoms with Crippen LogP contribution in [0.4, 0.5) is 0 Å². The van der Waals surface area contributed by atoms with Crippen LogP contribution in [0.1, 0.15) is 11.7 Å². The van der Waals surface area contributed by atoms with E-state index in [9.17, 15) is 4.79 Å². The molecule has 0 aliphatic rings. The molecule has 1 aromatic heterocycles. The molecule has 1 amide bonds. The Morgan fingerprint density at radius 2 is 1.95 bits per heavy atom. The lowest BCUT2D eigenvalue weighted by atomic mass is 10.1. The van der Waals surface area contributed by atoms with Crippen molar-refractivity contribution in [1.82, 2.24) is 25.3 Å². The highest BCUT2D eigenvalue weighted by atomic mass is 16.7. The average Bonchev–Trinajstić information content (AvgIpc) is 2.94. The number of hydroxylamine groups is 2. The van der Waals surface area contributed by atoms with Crippen LogP contribution in [0.2, 0.25) is 0 Å². The Morgan fingerprint density at radius 1 is 1.29 bits per heavy atom. The molecule has 1 aromatic carbocycles. The third kappa shape index (κ3) is 3.23. The SMILES string of the molecule is COC(C(=O)N(C)OC)c1ccc(-c2nnn(C)n2)cc1. The molecule has 0 radical (unpaired) electrons. The van der Waals surface area contributed by atoms with Crippen molar-refractivity contribution in [1.29, 1.82) is 0 Å². The van der Waals surface area contributed by atoms with Gasteiger partial charge in [-0.3, -0.25) is 9.63 Å². The summed E-state index contributed by atoms with van der Waals surface area (Å²) in [6.45, 7) is 0. The fourth-order valence-corrected chi connectivity index (χ4v) is 1.84. The molecule has 2 rings (SSSR count). The molecule has 0 N–H and O–H groups in total. The molecule has 8 nitrogen and oxygen atoms in total. The number of hydrogen-bond acceptors (Lipinski definition) is 6. The van der Waals surface area contributed by atoms with Gasteiger partial charge in [-0.2, -0.15) is 4.80 Å². The topological polar surface area (TPSA) is 82.4 Å². The van der Waals surface area contributed by atoms with Crippen molar-refractivity contribution in [2.75, 3.05) is 21.3 Å². The Morgan fingerprint density at radius 3 is 2.43 bits per heavy atom. The predicted octanol–water partition coefficient (Wildman–Crippen LogP) is 0.584. The Hall–Kier alpha value is -2.32. The molecular formula is C13H17N5O3. The maximum atomic E-state index is 12.1. The van der Waals surface area contributed by atoms with Crippen LogP contribution in [0.3, 0.4) is 0 Å². The number of methoxy groups -OCH3 is 1. The number of benzene rings is 1. The van der Waals surface area contributed by atoms with E-state index >= 15 is 0 Å². The van der Waals surface area contributed by atoms with Gasteiger partial charge < -0.3 is 4.74 Å². The molecule has 0 aliphatic heterocycles. The van der Waals surface area contributed by atoms with Crippen LogP contribution < -0.4 is 0 Å². The summed E-state index contributed by atoms with van der Waals surface area (Å²) in [5.74, 6) is 0.240. The molecule has 0 fully saturated rings. The number of aryl methyl sites for hydroxylation is 1. The van der Waals surface area contributed by atoms with Gasteiger partial charge in [-0.05, 0) is 10.8 Å². The second kappa shape index (κ2) is 6.42. The summed E-state index contributed by atoms with van der Waals surface area (Å²) in [5, 5.41) is 13.0. The smallest absolute Gasteiger partial charge is 0.279 e. The molecule has 8 heteroatoms. The van der Waals surface area contributed by atoms with Crippen LogP contribution >= 0.6 is 0 Å². The minimum Gasteiger partial charge on any atom is -0.367 e. The Balaban J connectivity index is 2.22. The molecule has 2 aromatic rings. The molecule has 1 heterocycles. The molecular weight excluding hydrogens is 274 g/mol. The predicted molar refractivity (Wildman–Crippen MR) is 73.8 cm³/mol. The summed E-state index contributed by atoms with van der Waals surface area (Å²) in [5.41, 5.74) is 1.54. The number of hydrogen-bond donors (Lipinski definition) is 0. The van der Waals surface area contributed by atoms with Crippen molar-refractivity contribution in [3.8, 4) is 11.4 Å². The second-order valence-electron chi connectivity index (χ2n) is 4.36. The number of carbonyl (C=O) groups is 1. The van der Waals surface area contributed by atoms with Gasteiger partial charge in [0, 0.05) is 19.7 Å². The highest BCUT2D eigenvalue weighted by Crippen LogP contribution is 2.22. The van der Waals surface area contributed by atoms with Gasteiger partial charge >= 0.3 is 0 Å². The van der Waals surface area contributed by atoms with Crippen LogP contribution in [-0.4, -0.2) is 52.4 Å². The maximum Gasteiger partial charge on any atom is 0.279 e. The minimum absolute atomic E-state index is 0.287. The van der Waals surface area contributed by atoms with E-state index in [1.807, 2.05) is 12.1 Å². The standard InChI is InChI=1S/C13H17N5O3/c1-17(21-4)13(19)11(20-3)9-5-7-10(8-6-9)12-14-16-18(2)15-12/h5-8,11H,1-4H3. The third-order valence-electron chi connectivity index (χ3n) is 3.02.